The molecule has 0 amide bonds. The molecule has 0 aliphatic carbocycles. The molecule has 0 aromatic rings. The Bertz CT molecular complexity index is 55.0. The van der Waals surface area contributed by atoms with Crippen LogP contribution in [-0.4, -0.2) is 11.5 Å². The van der Waals surface area contributed by atoms with Crippen molar-refractivity contribution >= 4 is 60.9 Å². The van der Waals surface area contributed by atoms with Crippen molar-refractivity contribution in [3.05, 3.63) is 0 Å². The van der Waals surface area contributed by atoms with Gasteiger partial charge < -0.3 is 0 Å². The summed E-state index contributed by atoms with van der Waals surface area (Å²) >= 11 is 0. The van der Waals surface area contributed by atoms with E-state index >= 15 is 0 Å². The van der Waals surface area contributed by atoms with Gasteiger partial charge in [-0.05, 0) is 52.1 Å². The van der Waals surface area contributed by atoms with Crippen LogP contribution in [0.25, 0.3) is 0 Å². The first kappa shape index (κ1) is 12.2. The smallest absolute Gasteiger partial charge is 0.00454 e. The van der Waals surface area contributed by atoms with Gasteiger partial charge in [0, 0.05) is 11.5 Å². The van der Waals surface area contributed by atoms with Gasteiger partial charge in [-0.2, -0.15) is 0 Å². The van der Waals surface area contributed by atoms with Crippen LogP contribution >= 0.6 is 60.9 Å². The molecule has 1 saturated heterocycles. The lowest BCUT2D eigenvalue weighted by Crippen LogP contribution is -1.82. The fourth-order valence-electron chi connectivity index (χ4n) is 0.806. The Balaban J connectivity index is 2.00. The van der Waals surface area contributed by atoms with Crippen LogP contribution in [0.3, 0.4) is 0 Å². The summed E-state index contributed by atoms with van der Waals surface area (Å²) in [6, 6.07) is 0. The van der Waals surface area contributed by atoms with Crippen LogP contribution < -0.4 is 0 Å². The third-order valence-corrected chi connectivity index (χ3v) is 12.5. The van der Waals surface area contributed by atoms with Gasteiger partial charge in [-0.15, -0.1) is 0 Å². The summed E-state index contributed by atoms with van der Waals surface area (Å²) in [7, 11) is 11.7. The van der Waals surface area contributed by atoms with Gasteiger partial charge in [0.1, 0.15) is 0 Å². The molecular weight excluding hydrogens is 264 g/mol. The summed E-state index contributed by atoms with van der Waals surface area (Å²) in [6.07, 6.45) is 5.66. The lowest BCUT2D eigenvalue weighted by molar-refractivity contribution is 0.712. The molecule has 0 N–H and O–H groups in total. The van der Waals surface area contributed by atoms with E-state index in [4.69, 9.17) is 0 Å². The highest BCUT2D eigenvalue weighted by molar-refractivity contribution is 9.41. The van der Waals surface area contributed by atoms with Crippen molar-refractivity contribution in [3.8, 4) is 0 Å². The Hall–Kier alpha value is 2.10. The van der Waals surface area contributed by atoms with E-state index in [1.165, 1.54) is 37.2 Å². The SMILES string of the molecule is C1CCCSSSSSSCC1. The summed E-state index contributed by atoms with van der Waals surface area (Å²) in [6.45, 7) is 0. The molecule has 72 valence electrons. The van der Waals surface area contributed by atoms with Crippen LogP contribution in [0.5, 0.6) is 0 Å². The van der Waals surface area contributed by atoms with Gasteiger partial charge in [-0.1, -0.05) is 34.4 Å². The van der Waals surface area contributed by atoms with E-state index in [1.807, 2.05) is 60.9 Å². The zero-order chi connectivity index (χ0) is 8.49. The van der Waals surface area contributed by atoms with Gasteiger partial charge in [0.15, 0.2) is 0 Å². The Kier molecular flexibility index (Phi) is 9.78. The fraction of sp³-hybridized carbons (Fsp3) is 1.00. The number of hydrogen-bond donors (Lipinski definition) is 0. The molecule has 0 radical (unpaired) electrons. The molecule has 1 aliphatic heterocycles. The monoisotopic (exact) mass is 276 g/mol. The number of hydrogen-bond acceptors (Lipinski definition) is 6. The molecule has 1 rings (SSSR count). The van der Waals surface area contributed by atoms with Gasteiger partial charge in [0.2, 0.25) is 0 Å². The molecule has 0 saturated carbocycles. The largest absolute Gasteiger partial charge is 0.0817 e. The van der Waals surface area contributed by atoms with Crippen molar-refractivity contribution < 1.29 is 0 Å². The highest BCUT2D eigenvalue weighted by Gasteiger charge is 1.98. The highest BCUT2D eigenvalue weighted by atomic mass is 33.9. The van der Waals surface area contributed by atoms with Crippen LogP contribution in [0.15, 0.2) is 0 Å². The average Bonchev–Trinajstić information content (AvgIpc) is 2.05. The van der Waals surface area contributed by atoms with E-state index in [0.29, 0.717) is 0 Å². The molecule has 0 aromatic heterocycles. The van der Waals surface area contributed by atoms with E-state index < -0.39 is 0 Å². The minimum Gasteiger partial charge on any atom is -0.0817 e. The molecule has 12 heavy (non-hydrogen) atoms. The van der Waals surface area contributed by atoms with Crippen LogP contribution in [0.1, 0.15) is 25.7 Å². The lowest BCUT2D eigenvalue weighted by atomic mass is 10.2. The molecule has 1 heterocycles. The molecule has 6 heteroatoms. The Morgan fingerprint density at radius 3 is 1.50 bits per heavy atom. The Labute approximate surface area is 97.3 Å². The molecule has 0 atom stereocenters. The Morgan fingerprint density at radius 2 is 1.00 bits per heavy atom. The van der Waals surface area contributed by atoms with E-state index in [0.717, 1.165) is 0 Å². The van der Waals surface area contributed by atoms with Gasteiger partial charge in [-0.3, -0.25) is 0 Å². The molecule has 1 aliphatic rings. The quantitative estimate of drug-likeness (QED) is 0.529. The van der Waals surface area contributed by atoms with E-state index in [9.17, 15) is 0 Å². The first-order valence-electron chi connectivity index (χ1n) is 3.91. The summed E-state index contributed by atoms with van der Waals surface area (Å²) < 4.78 is 0. The van der Waals surface area contributed by atoms with E-state index in [1.54, 1.807) is 0 Å². The summed E-state index contributed by atoms with van der Waals surface area (Å²) in [5.41, 5.74) is 0. The molecule has 0 nitrogen and oxygen atoms in total. The number of rotatable bonds is 0. The summed E-state index contributed by atoms with van der Waals surface area (Å²) in [4.78, 5) is 0. The van der Waals surface area contributed by atoms with Gasteiger partial charge in [0.05, 0.1) is 0 Å². The minimum atomic E-state index is 1.33. The standard InChI is InChI=1S/C6H12S6/c1-2-4-6-8-10-12-11-9-7-5-3-1/h1-6H2. The van der Waals surface area contributed by atoms with Crippen LogP contribution in [0.4, 0.5) is 0 Å². The second kappa shape index (κ2) is 9.65. The predicted molar refractivity (Wildman–Crippen MR) is 73.7 cm³/mol. The highest BCUT2D eigenvalue weighted by Crippen LogP contribution is 2.52. The topological polar surface area (TPSA) is 0 Å². The molecule has 0 aromatic carbocycles. The van der Waals surface area contributed by atoms with Gasteiger partial charge in [0.25, 0.3) is 0 Å². The zero-order valence-corrected chi connectivity index (χ0v) is 11.6. The third-order valence-electron chi connectivity index (χ3n) is 1.38. The van der Waals surface area contributed by atoms with Crippen molar-refractivity contribution in [2.45, 2.75) is 25.7 Å². The fourth-order valence-corrected chi connectivity index (χ4v) is 12.6. The van der Waals surface area contributed by atoms with Crippen molar-refractivity contribution in [2.75, 3.05) is 11.5 Å². The van der Waals surface area contributed by atoms with Gasteiger partial charge >= 0.3 is 0 Å². The maximum absolute atomic E-state index is 2.00. The van der Waals surface area contributed by atoms with Crippen LogP contribution in [0, 0.1) is 0 Å². The molecule has 0 unspecified atom stereocenters. The van der Waals surface area contributed by atoms with Crippen molar-refractivity contribution in [1.82, 2.24) is 0 Å². The maximum Gasteiger partial charge on any atom is 0.00454 e. The average molecular weight is 277 g/mol. The van der Waals surface area contributed by atoms with Crippen molar-refractivity contribution in [3.63, 3.8) is 0 Å². The summed E-state index contributed by atoms with van der Waals surface area (Å²) in [5, 5.41) is 0. The summed E-state index contributed by atoms with van der Waals surface area (Å²) in [5.74, 6) is 2.66. The van der Waals surface area contributed by atoms with Crippen LogP contribution in [0.2, 0.25) is 0 Å². The second-order valence-electron chi connectivity index (χ2n) is 2.33. The van der Waals surface area contributed by atoms with E-state index in [2.05, 4.69) is 0 Å². The molecular formula is C6H12S6. The van der Waals surface area contributed by atoms with Crippen molar-refractivity contribution in [1.29, 1.82) is 0 Å². The normalized spacial score (nSPS) is 24.0. The Morgan fingerprint density at radius 1 is 0.500 bits per heavy atom. The zero-order valence-electron chi connectivity index (χ0n) is 6.69. The maximum atomic E-state index is 2.00. The predicted octanol–water partition coefficient (Wildman–Crippen LogP) is 5.53. The van der Waals surface area contributed by atoms with Crippen LogP contribution in [-0.2, 0) is 0 Å². The van der Waals surface area contributed by atoms with Gasteiger partial charge in [-0.25, -0.2) is 0 Å². The van der Waals surface area contributed by atoms with Crippen molar-refractivity contribution in [2.24, 2.45) is 0 Å². The minimum absolute atomic E-state index is 1.33. The lowest BCUT2D eigenvalue weighted by Gasteiger charge is -2.03. The first-order valence-corrected chi connectivity index (χ1v) is 11.7. The third kappa shape index (κ3) is 7.50. The first-order chi connectivity index (χ1) is 6.00. The molecule has 1 fully saturated rings. The molecule has 0 bridgehead atoms. The molecule has 0 spiro atoms. The van der Waals surface area contributed by atoms with E-state index in [-0.39, 0.29) is 0 Å². The second-order valence-corrected chi connectivity index (χ2v) is 12.1.